The monoisotopic (exact) mass is 193 g/mol. The molecule has 1 saturated carbocycles. The molecule has 0 aliphatic heterocycles. The van der Waals surface area contributed by atoms with Gasteiger partial charge in [-0.15, -0.1) is 0 Å². The summed E-state index contributed by atoms with van der Waals surface area (Å²) in [6.07, 6.45) is 5.64. The molecule has 1 N–H and O–H groups in total. The highest BCUT2D eigenvalue weighted by atomic mass is 16.1. The number of nitrogens with one attached hydrogen (secondary N) is 1. The van der Waals surface area contributed by atoms with Crippen molar-refractivity contribution in [3.8, 4) is 0 Å². The summed E-state index contributed by atoms with van der Waals surface area (Å²) >= 11 is 0. The Kier molecular flexibility index (Phi) is 2.27. The van der Waals surface area contributed by atoms with Crippen LogP contribution in [0.15, 0.2) is 17.2 Å². The Labute approximate surface area is 83.0 Å². The zero-order chi connectivity index (χ0) is 10.1. The minimum absolute atomic E-state index is 0.0470. The summed E-state index contributed by atoms with van der Waals surface area (Å²) in [5.74, 6) is 1.21. The number of rotatable bonds is 3. The van der Waals surface area contributed by atoms with Crippen LogP contribution in [0.25, 0.3) is 0 Å². The smallest absolute Gasteiger partial charge is 0.293 e. The van der Waals surface area contributed by atoms with E-state index in [0.717, 1.165) is 12.3 Å². The van der Waals surface area contributed by atoms with E-state index >= 15 is 0 Å². The number of nitrogens with zero attached hydrogens (tertiary/aromatic N) is 2. The molecule has 1 fully saturated rings. The molecule has 1 aromatic heterocycles. The standard InChI is InChI=1S/C10H15N3O/c1-3-7-6-8(7)12-9-10(14)13(2)5-4-11-9/h4-5,7-8H,3,6H2,1-2H3,(H,11,12). The Morgan fingerprint density at radius 2 is 2.50 bits per heavy atom. The molecule has 76 valence electrons. The zero-order valence-electron chi connectivity index (χ0n) is 8.53. The molecule has 0 bridgehead atoms. The van der Waals surface area contributed by atoms with Gasteiger partial charge in [-0.1, -0.05) is 13.3 Å². The molecule has 1 aliphatic rings. The lowest BCUT2D eigenvalue weighted by atomic mass is 10.3. The molecule has 0 spiro atoms. The van der Waals surface area contributed by atoms with Crippen LogP contribution in [0.4, 0.5) is 5.82 Å². The van der Waals surface area contributed by atoms with Gasteiger partial charge in [-0.3, -0.25) is 4.79 Å². The summed E-state index contributed by atoms with van der Waals surface area (Å²) in [5.41, 5.74) is -0.0470. The molecule has 2 unspecified atom stereocenters. The summed E-state index contributed by atoms with van der Waals surface area (Å²) in [7, 11) is 1.74. The van der Waals surface area contributed by atoms with Crippen LogP contribution in [0.3, 0.4) is 0 Å². The first-order valence-corrected chi connectivity index (χ1v) is 5.00. The molecule has 14 heavy (non-hydrogen) atoms. The van der Waals surface area contributed by atoms with Gasteiger partial charge >= 0.3 is 0 Å². The van der Waals surface area contributed by atoms with Gasteiger partial charge < -0.3 is 9.88 Å². The van der Waals surface area contributed by atoms with Crippen LogP contribution in [0.1, 0.15) is 19.8 Å². The number of hydrogen-bond acceptors (Lipinski definition) is 3. The van der Waals surface area contributed by atoms with E-state index < -0.39 is 0 Å². The van der Waals surface area contributed by atoms with E-state index in [1.807, 2.05) is 0 Å². The Hall–Kier alpha value is -1.32. The van der Waals surface area contributed by atoms with Crippen LogP contribution in [-0.2, 0) is 7.05 Å². The third kappa shape index (κ3) is 1.64. The molecule has 1 heterocycles. The first-order valence-electron chi connectivity index (χ1n) is 5.00. The summed E-state index contributed by atoms with van der Waals surface area (Å²) in [4.78, 5) is 15.6. The molecule has 1 aromatic rings. The average Bonchev–Trinajstić information content (AvgIpc) is 2.92. The summed E-state index contributed by atoms with van der Waals surface area (Å²) < 4.78 is 1.54. The van der Waals surface area contributed by atoms with Crippen molar-refractivity contribution in [2.45, 2.75) is 25.8 Å². The maximum absolute atomic E-state index is 11.6. The molecular weight excluding hydrogens is 178 g/mol. The van der Waals surface area contributed by atoms with Gasteiger partial charge in [-0.25, -0.2) is 4.98 Å². The predicted molar refractivity (Wildman–Crippen MR) is 55.3 cm³/mol. The van der Waals surface area contributed by atoms with Gasteiger partial charge in [-0.05, 0) is 12.3 Å². The highest BCUT2D eigenvalue weighted by Gasteiger charge is 2.35. The topological polar surface area (TPSA) is 46.9 Å². The first-order chi connectivity index (χ1) is 6.72. The van der Waals surface area contributed by atoms with Crippen molar-refractivity contribution in [2.24, 2.45) is 13.0 Å². The quantitative estimate of drug-likeness (QED) is 0.778. The predicted octanol–water partition coefficient (Wildman–Crippen LogP) is 0.991. The number of aryl methyl sites for hydroxylation is 1. The minimum Gasteiger partial charge on any atom is -0.362 e. The van der Waals surface area contributed by atoms with E-state index in [2.05, 4.69) is 17.2 Å². The molecule has 0 saturated heterocycles. The van der Waals surface area contributed by atoms with Crippen molar-refractivity contribution in [1.29, 1.82) is 0 Å². The van der Waals surface area contributed by atoms with E-state index in [1.54, 1.807) is 24.0 Å². The van der Waals surface area contributed by atoms with Crippen molar-refractivity contribution in [1.82, 2.24) is 9.55 Å². The maximum atomic E-state index is 11.6. The maximum Gasteiger partial charge on any atom is 0.293 e. The second kappa shape index (κ2) is 3.44. The lowest BCUT2D eigenvalue weighted by Crippen LogP contribution is -2.23. The van der Waals surface area contributed by atoms with Crippen molar-refractivity contribution in [3.05, 3.63) is 22.7 Å². The Morgan fingerprint density at radius 3 is 3.14 bits per heavy atom. The van der Waals surface area contributed by atoms with Crippen molar-refractivity contribution in [3.63, 3.8) is 0 Å². The third-order valence-corrected chi connectivity index (χ3v) is 2.79. The SMILES string of the molecule is CCC1CC1Nc1nccn(C)c1=O. The average molecular weight is 193 g/mol. The summed E-state index contributed by atoms with van der Waals surface area (Å²) in [5, 5.41) is 3.18. The van der Waals surface area contributed by atoms with Crippen LogP contribution in [0, 0.1) is 5.92 Å². The Balaban J connectivity index is 2.11. The second-order valence-corrected chi connectivity index (χ2v) is 3.85. The number of anilines is 1. The lowest BCUT2D eigenvalue weighted by Gasteiger charge is -2.04. The fourth-order valence-electron chi connectivity index (χ4n) is 1.65. The zero-order valence-corrected chi connectivity index (χ0v) is 8.53. The van der Waals surface area contributed by atoms with Crippen molar-refractivity contribution in [2.75, 3.05) is 5.32 Å². The van der Waals surface area contributed by atoms with E-state index in [9.17, 15) is 4.79 Å². The lowest BCUT2D eigenvalue weighted by molar-refractivity contribution is 0.768. The summed E-state index contributed by atoms with van der Waals surface area (Å²) in [6.45, 7) is 2.17. The van der Waals surface area contributed by atoms with Gasteiger partial charge in [0.1, 0.15) is 0 Å². The van der Waals surface area contributed by atoms with Crippen molar-refractivity contribution >= 4 is 5.82 Å². The largest absolute Gasteiger partial charge is 0.362 e. The van der Waals surface area contributed by atoms with Crippen LogP contribution < -0.4 is 10.9 Å². The number of hydrogen-bond donors (Lipinski definition) is 1. The molecule has 1 aliphatic carbocycles. The fraction of sp³-hybridized carbons (Fsp3) is 0.600. The van der Waals surface area contributed by atoms with E-state index in [4.69, 9.17) is 0 Å². The van der Waals surface area contributed by atoms with Crippen LogP contribution in [0.2, 0.25) is 0 Å². The van der Waals surface area contributed by atoms with E-state index in [-0.39, 0.29) is 5.56 Å². The highest BCUT2D eigenvalue weighted by Crippen LogP contribution is 2.34. The number of aromatic nitrogens is 2. The van der Waals surface area contributed by atoms with Crippen LogP contribution in [0.5, 0.6) is 0 Å². The van der Waals surface area contributed by atoms with Gasteiger partial charge in [0.2, 0.25) is 0 Å². The summed E-state index contributed by atoms with van der Waals surface area (Å²) in [6, 6.07) is 0.461. The van der Waals surface area contributed by atoms with Gasteiger partial charge in [0.05, 0.1) is 0 Å². The van der Waals surface area contributed by atoms with Crippen LogP contribution >= 0.6 is 0 Å². The normalized spacial score (nSPS) is 24.7. The molecule has 0 radical (unpaired) electrons. The Bertz CT molecular complexity index is 385. The van der Waals surface area contributed by atoms with Crippen LogP contribution in [-0.4, -0.2) is 15.6 Å². The molecule has 0 amide bonds. The fourth-order valence-corrected chi connectivity index (χ4v) is 1.65. The molecule has 2 atom stereocenters. The van der Waals surface area contributed by atoms with Gasteiger partial charge in [0, 0.05) is 25.5 Å². The van der Waals surface area contributed by atoms with E-state index in [1.165, 1.54) is 6.42 Å². The Morgan fingerprint density at radius 1 is 1.71 bits per heavy atom. The van der Waals surface area contributed by atoms with E-state index in [0.29, 0.717) is 11.9 Å². The second-order valence-electron chi connectivity index (χ2n) is 3.85. The van der Waals surface area contributed by atoms with Gasteiger partial charge in [-0.2, -0.15) is 0 Å². The van der Waals surface area contributed by atoms with Crippen molar-refractivity contribution < 1.29 is 0 Å². The molecule has 4 heteroatoms. The highest BCUT2D eigenvalue weighted by molar-refractivity contribution is 5.34. The molecule has 2 rings (SSSR count). The molecule has 0 aromatic carbocycles. The van der Waals surface area contributed by atoms with Gasteiger partial charge in [0.15, 0.2) is 5.82 Å². The minimum atomic E-state index is -0.0470. The molecule has 4 nitrogen and oxygen atoms in total. The molecular formula is C10H15N3O. The first kappa shape index (κ1) is 9.24. The third-order valence-electron chi connectivity index (χ3n) is 2.79. The van der Waals surface area contributed by atoms with Gasteiger partial charge in [0.25, 0.3) is 5.56 Å².